The molecule has 0 amide bonds. The molecule has 0 aromatic heterocycles. The van der Waals surface area contributed by atoms with Crippen LogP contribution in [-0.2, 0) is 4.79 Å². The fraction of sp³-hybridized carbons (Fsp3) is 0.909. The Kier molecular flexibility index (Phi) is 8.53. The predicted molar refractivity (Wildman–Crippen MR) is 58.0 cm³/mol. The maximum atomic E-state index is 10.6. The van der Waals surface area contributed by atoms with Gasteiger partial charge < -0.3 is 0 Å². The summed E-state index contributed by atoms with van der Waals surface area (Å²) >= 11 is 5.30. The topological polar surface area (TPSA) is 17.1 Å². The van der Waals surface area contributed by atoms with E-state index in [9.17, 15) is 4.79 Å². The molecule has 1 nitrogen and oxygen atoms in total. The van der Waals surface area contributed by atoms with Gasteiger partial charge in [-0.2, -0.15) is 0 Å². The van der Waals surface area contributed by atoms with Crippen LogP contribution in [0.25, 0.3) is 0 Å². The minimum Gasteiger partial charge on any atom is -0.281 e. The highest BCUT2D eigenvalue weighted by atomic mass is 35.5. The van der Waals surface area contributed by atoms with Crippen molar-refractivity contribution < 1.29 is 4.79 Å². The van der Waals surface area contributed by atoms with Crippen molar-refractivity contribution >= 4 is 16.8 Å². The number of carbonyl (C=O) groups excluding carboxylic acids is 1. The average Bonchev–Trinajstić information content (AvgIpc) is 2.02. The highest BCUT2D eigenvalue weighted by Crippen LogP contribution is 2.15. The molecule has 0 radical (unpaired) electrons. The zero-order chi connectivity index (χ0) is 10.1. The van der Waals surface area contributed by atoms with E-state index in [2.05, 4.69) is 13.8 Å². The van der Waals surface area contributed by atoms with Gasteiger partial charge in [0.1, 0.15) is 0 Å². The fourth-order valence-electron chi connectivity index (χ4n) is 1.47. The Hall–Kier alpha value is -0.0400. The summed E-state index contributed by atoms with van der Waals surface area (Å²) in [6.45, 7) is 4.31. The van der Waals surface area contributed by atoms with Crippen molar-refractivity contribution in [2.75, 3.05) is 0 Å². The van der Waals surface area contributed by atoms with Gasteiger partial charge in [0.2, 0.25) is 5.24 Å². The van der Waals surface area contributed by atoms with E-state index in [0.717, 1.165) is 6.42 Å². The fourth-order valence-corrected chi connectivity index (χ4v) is 1.74. The maximum Gasteiger partial charge on any atom is 0.221 e. The van der Waals surface area contributed by atoms with E-state index in [0.29, 0.717) is 12.3 Å². The second-order valence-electron chi connectivity index (χ2n) is 3.87. The van der Waals surface area contributed by atoms with Gasteiger partial charge >= 0.3 is 0 Å². The highest BCUT2D eigenvalue weighted by Gasteiger charge is 2.05. The summed E-state index contributed by atoms with van der Waals surface area (Å²) < 4.78 is 0. The first-order valence-corrected chi connectivity index (χ1v) is 5.73. The normalized spacial score (nSPS) is 12.8. The molecule has 0 aromatic rings. The van der Waals surface area contributed by atoms with Crippen molar-refractivity contribution in [3.05, 3.63) is 0 Å². The van der Waals surface area contributed by atoms with E-state index >= 15 is 0 Å². The third-order valence-corrected chi connectivity index (χ3v) is 2.46. The summed E-state index contributed by atoms with van der Waals surface area (Å²) in [6, 6.07) is 0. The summed E-state index contributed by atoms with van der Waals surface area (Å²) in [5.74, 6) is 0.464. The molecule has 0 heterocycles. The molecule has 0 bridgehead atoms. The molecule has 78 valence electrons. The van der Waals surface area contributed by atoms with Crippen molar-refractivity contribution in [2.45, 2.75) is 58.8 Å². The largest absolute Gasteiger partial charge is 0.281 e. The third-order valence-electron chi connectivity index (χ3n) is 2.31. The van der Waals surface area contributed by atoms with E-state index in [-0.39, 0.29) is 5.24 Å². The summed E-state index contributed by atoms with van der Waals surface area (Å²) in [6.07, 6.45) is 8.17. The van der Waals surface area contributed by atoms with Crippen LogP contribution in [0.1, 0.15) is 58.8 Å². The molecule has 0 spiro atoms. The monoisotopic (exact) mass is 204 g/mol. The molecule has 0 aliphatic heterocycles. The first-order valence-electron chi connectivity index (χ1n) is 5.35. The van der Waals surface area contributed by atoms with Crippen molar-refractivity contribution in [3.8, 4) is 0 Å². The van der Waals surface area contributed by atoms with Gasteiger partial charge in [-0.05, 0) is 17.5 Å². The van der Waals surface area contributed by atoms with Crippen molar-refractivity contribution in [1.82, 2.24) is 0 Å². The maximum absolute atomic E-state index is 10.6. The Morgan fingerprint density at radius 3 is 2.38 bits per heavy atom. The van der Waals surface area contributed by atoms with E-state index in [1.165, 1.54) is 32.1 Å². The van der Waals surface area contributed by atoms with Gasteiger partial charge in [-0.3, -0.25) is 4.79 Å². The van der Waals surface area contributed by atoms with Gasteiger partial charge in [0.05, 0.1) is 0 Å². The zero-order valence-corrected chi connectivity index (χ0v) is 9.57. The van der Waals surface area contributed by atoms with Gasteiger partial charge in [-0.1, -0.05) is 52.4 Å². The van der Waals surface area contributed by atoms with Gasteiger partial charge in [-0.15, -0.1) is 0 Å². The molecule has 0 aromatic carbocycles. The van der Waals surface area contributed by atoms with Crippen molar-refractivity contribution in [2.24, 2.45) is 5.92 Å². The summed E-state index contributed by atoms with van der Waals surface area (Å²) in [5, 5.41) is -0.193. The van der Waals surface area contributed by atoms with Crippen LogP contribution in [-0.4, -0.2) is 5.24 Å². The van der Waals surface area contributed by atoms with Crippen LogP contribution in [0.2, 0.25) is 0 Å². The minimum atomic E-state index is -0.193. The first-order chi connectivity index (χ1) is 6.16. The Morgan fingerprint density at radius 2 is 1.85 bits per heavy atom. The molecule has 1 unspecified atom stereocenters. The number of hydrogen-bond donors (Lipinski definition) is 0. The first kappa shape index (κ1) is 13.0. The molecule has 0 saturated heterocycles. The smallest absolute Gasteiger partial charge is 0.221 e. The summed E-state index contributed by atoms with van der Waals surface area (Å²) in [5.41, 5.74) is 0. The molecule has 2 heteroatoms. The number of hydrogen-bond acceptors (Lipinski definition) is 1. The standard InChI is InChI=1S/C11H21ClO/c1-3-4-5-6-7-8-10(2)9-11(12)13/h10H,3-9H2,1-2H3. The Morgan fingerprint density at radius 1 is 1.23 bits per heavy atom. The van der Waals surface area contributed by atoms with Crippen LogP contribution in [0.5, 0.6) is 0 Å². The number of rotatable bonds is 8. The molecule has 0 aliphatic carbocycles. The lowest BCUT2D eigenvalue weighted by atomic mass is 10.00. The van der Waals surface area contributed by atoms with Crippen LogP contribution in [0.15, 0.2) is 0 Å². The molecule has 0 saturated carbocycles. The van der Waals surface area contributed by atoms with Crippen molar-refractivity contribution in [1.29, 1.82) is 0 Å². The van der Waals surface area contributed by atoms with E-state index < -0.39 is 0 Å². The van der Waals surface area contributed by atoms with Crippen LogP contribution < -0.4 is 0 Å². The Bertz CT molecular complexity index is 134. The second kappa shape index (κ2) is 8.55. The molecule has 0 rings (SSSR count). The van der Waals surface area contributed by atoms with Crippen LogP contribution in [0.4, 0.5) is 0 Å². The van der Waals surface area contributed by atoms with Crippen LogP contribution in [0, 0.1) is 5.92 Å². The lowest BCUT2D eigenvalue weighted by Gasteiger charge is -2.07. The lowest BCUT2D eigenvalue weighted by molar-refractivity contribution is -0.112. The zero-order valence-electron chi connectivity index (χ0n) is 8.81. The molecule has 13 heavy (non-hydrogen) atoms. The third kappa shape index (κ3) is 9.88. The summed E-state index contributed by atoms with van der Waals surface area (Å²) in [7, 11) is 0. The molecular formula is C11H21ClO. The van der Waals surface area contributed by atoms with E-state index in [1.54, 1.807) is 0 Å². The van der Waals surface area contributed by atoms with Gasteiger partial charge in [0.25, 0.3) is 0 Å². The van der Waals surface area contributed by atoms with Gasteiger partial charge in [-0.25, -0.2) is 0 Å². The Balaban J connectivity index is 3.17. The van der Waals surface area contributed by atoms with E-state index in [4.69, 9.17) is 11.6 Å². The van der Waals surface area contributed by atoms with E-state index in [1.807, 2.05) is 0 Å². The predicted octanol–water partition coefficient (Wildman–Crippen LogP) is 4.14. The van der Waals surface area contributed by atoms with Crippen LogP contribution in [0.3, 0.4) is 0 Å². The van der Waals surface area contributed by atoms with Crippen LogP contribution >= 0.6 is 11.6 Å². The van der Waals surface area contributed by atoms with Crippen molar-refractivity contribution in [3.63, 3.8) is 0 Å². The summed E-state index contributed by atoms with van der Waals surface area (Å²) in [4.78, 5) is 10.6. The van der Waals surface area contributed by atoms with Gasteiger partial charge in [0, 0.05) is 6.42 Å². The number of carbonyl (C=O) groups is 1. The second-order valence-corrected chi connectivity index (χ2v) is 4.29. The SMILES string of the molecule is CCCCCCCC(C)CC(=O)Cl. The lowest BCUT2D eigenvalue weighted by Crippen LogP contribution is -1.99. The Labute approximate surface area is 86.9 Å². The highest BCUT2D eigenvalue weighted by molar-refractivity contribution is 6.63. The number of unbranched alkanes of at least 4 members (excludes halogenated alkanes) is 4. The molecule has 1 atom stereocenters. The molecule has 0 N–H and O–H groups in total. The minimum absolute atomic E-state index is 0.193. The average molecular weight is 205 g/mol. The quantitative estimate of drug-likeness (QED) is 0.429. The van der Waals surface area contributed by atoms with Gasteiger partial charge in [0.15, 0.2) is 0 Å². The molecule has 0 aliphatic rings. The molecule has 0 fully saturated rings. The number of halogens is 1. The molecular weight excluding hydrogens is 184 g/mol.